The molecular weight excluding hydrogens is 400 g/mol. The van der Waals surface area contributed by atoms with E-state index >= 15 is 0 Å². The maximum Gasteiger partial charge on any atom is 0.0805 e. The largest absolute Gasteiger partial charge is 0.411 e. The molecule has 5 nitrogen and oxygen atoms in total. The predicted molar refractivity (Wildman–Crippen MR) is 124 cm³/mol. The van der Waals surface area contributed by atoms with Crippen LogP contribution in [0.4, 0.5) is 0 Å². The highest BCUT2D eigenvalue weighted by molar-refractivity contribution is 5.88. The Morgan fingerprint density at radius 2 is 1.72 bits per heavy atom. The van der Waals surface area contributed by atoms with Crippen molar-refractivity contribution >= 4 is 5.71 Å². The molecule has 6 unspecified atom stereocenters. The van der Waals surface area contributed by atoms with Crippen molar-refractivity contribution in [2.45, 2.75) is 96.3 Å². The van der Waals surface area contributed by atoms with Crippen LogP contribution in [0, 0.1) is 52.8 Å². The van der Waals surface area contributed by atoms with E-state index in [9.17, 15) is 15.4 Å². The number of oxime groups is 1. The first-order chi connectivity index (χ1) is 15.2. The number of piperidine rings is 2. The fraction of sp³-hybridized carbons (Fsp3) is 0.963. The van der Waals surface area contributed by atoms with Crippen LogP contribution in [0.5, 0.6) is 0 Å². The molecule has 32 heavy (non-hydrogen) atoms. The van der Waals surface area contributed by atoms with Crippen LogP contribution < -0.4 is 0 Å². The Kier molecular flexibility index (Phi) is 5.07. The number of nitrogens with zero attached hydrogens (tertiary/aromatic N) is 2. The summed E-state index contributed by atoms with van der Waals surface area (Å²) in [6.07, 6.45) is 9.45. The number of rotatable bonds is 0. The molecule has 0 radical (unpaired) electrons. The molecule has 12 atom stereocenters. The van der Waals surface area contributed by atoms with E-state index in [0.29, 0.717) is 41.5 Å². The van der Waals surface area contributed by atoms with E-state index in [2.05, 4.69) is 30.8 Å². The van der Waals surface area contributed by atoms with Gasteiger partial charge in [0.05, 0.1) is 17.4 Å². The Morgan fingerprint density at radius 1 is 0.906 bits per heavy atom. The predicted octanol–water partition coefficient (Wildman–Crippen LogP) is 4.15. The minimum atomic E-state index is -0.569. The lowest BCUT2D eigenvalue weighted by Crippen LogP contribution is -2.67. The maximum atomic E-state index is 11.9. The number of hydrogen-bond donors (Lipinski definition) is 3. The molecular formula is C27H44N2O3. The highest BCUT2D eigenvalue weighted by Gasteiger charge is 2.64. The van der Waals surface area contributed by atoms with Crippen molar-refractivity contribution in [2.75, 3.05) is 13.1 Å². The molecule has 0 aromatic rings. The van der Waals surface area contributed by atoms with Gasteiger partial charge in [-0.15, -0.1) is 0 Å². The second kappa shape index (κ2) is 7.42. The van der Waals surface area contributed by atoms with Gasteiger partial charge in [-0.1, -0.05) is 19.0 Å². The average Bonchev–Trinajstić information content (AvgIpc) is 3.14. The number of aliphatic hydroxyl groups is 2. The second-order valence-electron chi connectivity index (χ2n) is 13.3. The van der Waals surface area contributed by atoms with Gasteiger partial charge in [-0.3, -0.25) is 4.90 Å². The molecule has 2 aliphatic heterocycles. The zero-order valence-electron chi connectivity index (χ0n) is 20.3. The minimum Gasteiger partial charge on any atom is -0.411 e. The molecule has 0 aromatic carbocycles. The monoisotopic (exact) mass is 444 g/mol. The molecule has 0 aromatic heterocycles. The van der Waals surface area contributed by atoms with Crippen molar-refractivity contribution in [3.63, 3.8) is 0 Å². The number of fused-ring (bicyclic) bond motifs is 8. The molecule has 6 rings (SSSR count). The van der Waals surface area contributed by atoms with Crippen LogP contribution in [0.2, 0.25) is 0 Å². The van der Waals surface area contributed by atoms with Gasteiger partial charge < -0.3 is 15.4 Å². The van der Waals surface area contributed by atoms with Crippen molar-refractivity contribution in [2.24, 2.45) is 57.9 Å². The van der Waals surface area contributed by atoms with Gasteiger partial charge in [-0.2, -0.15) is 0 Å². The third kappa shape index (κ3) is 2.95. The Bertz CT molecular complexity index is 783. The smallest absolute Gasteiger partial charge is 0.0805 e. The first-order valence-corrected chi connectivity index (χ1v) is 13.6. The Hall–Kier alpha value is -0.650. The van der Waals surface area contributed by atoms with Crippen molar-refractivity contribution in [1.29, 1.82) is 0 Å². The average molecular weight is 445 g/mol. The van der Waals surface area contributed by atoms with E-state index in [1.54, 1.807) is 0 Å². The number of aliphatic hydroxyl groups excluding tert-OH is 1. The highest BCUT2D eigenvalue weighted by atomic mass is 16.4. The SMILES string of the molecule is CC1CC[C@@H]2N(C1)C[C@@H]1C(CC[C@H]3C4CC(=NO)C5CC(O)CCC5(C)[C@H]4C[C@@H]13)[C@]2(C)O. The minimum absolute atomic E-state index is 0.149. The van der Waals surface area contributed by atoms with Gasteiger partial charge in [0.15, 0.2) is 0 Å². The van der Waals surface area contributed by atoms with E-state index < -0.39 is 5.60 Å². The van der Waals surface area contributed by atoms with Crippen molar-refractivity contribution in [3.8, 4) is 0 Å². The van der Waals surface area contributed by atoms with Crippen LogP contribution in [-0.4, -0.2) is 56.9 Å². The van der Waals surface area contributed by atoms with Gasteiger partial charge in [0.1, 0.15) is 0 Å². The van der Waals surface area contributed by atoms with Gasteiger partial charge in [0, 0.05) is 25.0 Å². The molecule has 4 aliphatic carbocycles. The summed E-state index contributed by atoms with van der Waals surface area (Å²) >= 11 is 0. The topological polar surface area (TPSA) is 76.3 Å². The maximum absolute atomic E-state index is 11.9. The summed E-state index contributed by atoms with van der Waals surface area (Å²) < 4.78 is 0. The lowest BCUT2D eigenvalue weighted by Gasteiger charge is -2.59. The van der Waals surface area contributed by atoms with E-state index in [4.69, 9.17) is 0 Å². The zero-order chi connectivity index (χ0) is 22.4. The summed E-state index contributed by atoms with van der Waals surface area (Å²) in [5.41, 5.74) is 0.549. The van der Waals surface area contributed by atoms with E-state index in [1.807, 2.05) is 0 Å². The summed E-state index contributed by atoms with van der Waals surface area (Å²) in [6.45, 7) is 9.30. The molecule has 4 saturated carbocycles. The summed E-state index contributed by atoms with van der Waals surface area (Å²) in [6, 6.07) is 0.343. The summed E-state index contributed by atoms with van der Waals surface area (Å²) in [4.78, 5) is 2.67. The third-order valence-corrected chi connectivity index (χ3v) is 12.0. The van der Waals surface area contributed by atoms with E-state index in [1.165, 1.54) is 25.8 Å². The van der Waals surface area contributed by atoms with Gasteiger partial charge >= 0.3 is 0 Å². The standard InChI is InChI=1S/C27H44N2O3/c1-15-4-7-25-27(3,31)21-6-5-17-18(20(21)14-29(25)13-15)11-22-19(17)12-24(28-32)23-10-16(30)8-9-26(22,23)2/h15-23,25,30-32H,4-14H2,1-3H3/t15?,16?,17-,18-,19?,20+,21?,22+,23?,25+,26?,27+/m1/s1. The van der Waals surface area contributed by atoms with Crippen LogP contribution in [0.3, 0.4) is 0 Å². The Morgan fingerprint density at radius 3 is 2.50 bits per heavy atom. The van der Waals surface area contributed by atoms with Crippen LogP contribution >= 0.6 is 0 Å². The molecule has 5 heteroatoms. The van der Waals surface area contributed by atoms with Crippen LogP contribution in [0.25, 0.3) is 0 Å². The van der Waals surface area contributed by atoms with Crippen molar-refractivity contribution < 1.29 is 15.4 Å². The fourth-order valence-electron chi connectivity index (χ4n) is 10.5. The second-order valence-corrected chi connectivity index (χ2v) is 13.3. The molecule has 180 valence electrons. The summed E-state index contributed by atoms with van der Waals surface area (Å²) in [7, 11) is 0. The molecule has 6 aliphatic rings. The molecule has 2 saturated heterocycles. The molecule has 3 N–H and O–H groups in total. The zero-order valence-corrected chi connectivity index (χ0v) is 20.3. The van der Waals surface area contributed by atoms with Gasteiger partial charge in [-0.05, 0) is 112 Å². The first-order valence-electron chi connectivity index (χ1n) is 13.6. The lowest BCUT2D eigenvalue weighted by atomic mass is 9.51. The van der Waals surface area contributed by atoms with Crippen LogP contribution in [0.15, 0.2) is 5.16 Å². The molecule has 0 bridgehead atoms. The van der Waals surface area contributed by atoms with Crippen molar-refractivity contribution in [3.05, 3.63) is 0 Å². The molecule has 0 spiro atoms. The number of hydrogen-bond acceptors (Lipinski definition) is 5. The Labute approximate surface area is 193 Å². The Balaban J connectivity index is 1.32. The van der Waals surface area contributed by atoms with Gasteiger partial charge in [-0.25, -0.2) is 0 Å². The molecule has 2 heterocycles. The summed E-state index contributed by atoms with van der Waals surface area (Å²) in [5, 5.41) is 36.0. The molecule has 0 amide bonds. The van der Waals surface area contributed by atoms with Crippen LogP contribution in [-0.2, 0) is 0 Å². The first kappa shape index (κ1) is 21.9. The van der Waals surface area contributed by atoms with Crippen molar-refractivity contribution in [1.82, 2.24) is 4.90 Å². The molecule has 6 fully saturated rings. The van der Waals surface area contributed by atoms with Gasteiger partial charge in [0.25, 0.3) is 0 Å². The summed E-state index contributed by atoms with van der Waals surface area (Å²) in [5.74, 6) is 4.68. The highest BCUT2D eigenvalue weighted by Crippen LogP contribution is 2.66. The third-order valence-electron chi connectivity index (χ3n) is 12.0. The fourth-order valence-corrected chi connectivity index (χ4v) is 10.5. The van der Waals surface area contributed by atoms with E-state index in [-0.39, 0.29) is 17.4 Å². The van der Waals surface area contributed by atoms with Crippen LogP contribution in [0.1, 0.15) is 78.6 Å². The lowest BCUT2D eigenvalue weighted by molar-refractivity contribution is -0.175. The quantitative estimate of drug-likeness (QED) is 0.388. The van der Waals surface area contributed by atoms with Gasteiger partial charge in [0.2, 0.25) is 0 Å². The van der Waals surface area contributed by atoms with E-state index in [0.717, 1.165) is 56.7 Å². The normalized spacial score (nSPS) is 59.0.